The van der Waals surface area contributed by atoms with Gasteiger partial charge in [-0.15, -0.1) is 0 Å². The van der Waals surface area contributed by atoms with Crippen molar-refractivity contribution in [2.75, 3.05) is 18.4 Å². The molecule has 0 spiro atoms. The van der Waals surface area contributed by atoms with Crippen molar-refractivity contribution < 1.29 is 4.79 Å². The summed E-state index contributed by atoms with van der Waals surface area (Å²) in [7, 11) is 0. The number of hydrogen-bond acceptors (Lipinski definition) is 4. The van der Waals surface area contributed by atoms with E-state index in [0.29, 0.717) is 18.2 Å². The Hall–Kier alpha value is -1.36. The van der Waals surface area contributed by atoms with E-state index in [4.69, 9.17) is 11.6 Å². The first-order chi connectivity index (χ1) is 9.49. The molecule has 2 N–H and O–H groups in total. The van der Waals surface area contributed by atoms with Crippen LogP contribution in [0.5, 0.6) is 0 Å². The van der Waals surface area contributed by atoms with Crippen molar-refractivity contribution in [2.45, 2.75) is 39.5 Å². The predicted molar refractivity (Wildman–Crippen MR) is 80.1 cm³/mol. The first-order valence-electron chi connectivity index (χ1n) is 7.04. The Morgan fingerprint density at radius 3 is 2.65 bits per heavy atom. The number of rotatable bonds is 6. The summed E-state index contributed by atoms with van der Waals surface area (Å²) in [4.78, 5) is 20.2. The van der Waals surface area contributed by atoms with E-state index in [-0.39, 0.29) is 17.7 Å². The van der Waals surface area contributed by atoms with Crippen molar-refractivity contribution in [3.05, 3.63) is 16.5 Å². The number of amides is 1. The zero-order valence-electron chi connectivity index (χ0n) is 12.2. The molecule has 1 aromatic heterocycles. The van der Waals surface area contributed by atoms with E-state index < -0.39 is 0 Å². The average Bonchev–Trinajstić information content (AvgIpc) is 3.22. The monoisotopic (exact) mass is 296 g/mol. The van der Waals surface area contributed by atoms with E-state index in [9.17, 15) is 4.79 Å². The Kier molecular flexibility index (Phi) is 4.81. The molecule has 20 heavy (non-hydrogen) atoms. The second-order valence-electron chi connectivity index (χ2n) is 5.49. The number of aromatic nitrogens is 2. The summed E-state index contributed by atoms with van der Waals surface area (Å²) in [5.41, 5.74) is 0.838. The van der Waals surface area contributed by atoms with Crippen molar-refractivity contribution in [2.24, 2.45) is 5.92 Å². The molecule has 1 aliphatic carbocycles. The second kappa shape index (κ2) is 6.39. The molecule has 1 amide bonds. The number of anilines is 1. The van der Waals surface area contributed by atoms with Crippen molar-refractivity contribution in [3.63, 3.8) is 0 Å². The van der Waals surface area contributed by atoms with Crippen molar-refractivity contribution in [1.29, 1.82) is 0 Å². The molecule has 6 heteroatoms. The van der Waals surface area contributed by atoms with Crippen LogP contribution in [0.2, 0.25) is 5.15 Å². The zero-order chi connectivity index (χ0) is 14.7. The Morgan fingerprint density at radius 1 is 1.35 bits per heavy atom. The van der Waals surface area contributed by atoms with E-state index in [0.717, 1.165) is 30.0 Å². The van der Waals surface area contributed by atoms with Crippen molar-refractivity contribution in [3.8, 4) is 0 Å². The number of nitrogens with one attached hydrogen (secondary N) is 2. The standard InChI is InChI=1S/C14H21ClN4O/c1-8(2)12-18-11(15)9(3)13(19-12)16-6-7-17-14(20)10-4-5-10/h8,10H,4-7H2,1-3H3,(H,17,20)(H,16,18,19). The lowest BCUT2D eigenvalue weighted by Gasteiger charge is -2.13. The molecule has 1 saturated carbocycles. The molecule has 1 heterocycles. The normalized spacial score (nSPS) is 14.4. The van der Waals surface area contributed by atoms with E-state index in [1.807, 2.05) is 20.8 Å². The molecule has 1 aromatic rings. The molecule has 0 bridgehead atoms. The molecule has 0 unspecified atom stereocenters. The lowest BCUT2D eigenvalue weighted by molar-refractivity contribution is -0.122. The van der Waals surface area contributed by atoms with Crippen LogP contribution in [0.3, 0.4) is 0 Å². The molecule has 0 aliphatic heterocycles. The molecule has 0 atom stereocenters. The smallest absolute Gasteiger partial charge is 0.223 e. The van der Waals surface area contributed by atoms with Gasteiger partial charge in [0.25, 0.3) is 0 Å². The Labute approximate surface area is 124 Å². The summed E-state index contributed by atoms with van der Waals surface area (Å²) in [6, 6.07) is 0. The number of carbonyl (C=O) groups is 1. The number of carbonyl (C=O) groups excluding carboxylic acids is 1. The number of nitrogens with zero attached hydrogens (tertiary/aromatic N) is 2. The second-order valence-corrected chi connectivity index (χ2v) is 5.85. The predicted octanol–water partition coefficient (Wildman–Crippen LogP) is 2.50. The van der Waals surface area contributed by atoms with Gasteiger partial charge in [0.15, 0.2) is 0 Å². The third-order valence-electron chi connectivity index (χ3n) is 3.28. The van der Waals surface area contributed by atoms with E-state index in [1.165, 1.54) is 0 Å². The fourth-order valence-electron chi connectivity index (χ4n) is 1.79. The summed E-state index contributed by atoms with van der Waals surface area (Å²) in [5.74, 6) is 2.10. The highest BCUT2D eigenvalue weighted by Crippen LogP contribution is 2.28. The largest absolute Gasteiger partial charge is 0.368 e. The van der Waals surface area contributed by atoms with Crippen LogP contribution in [0.15, 0.2) is 0 Å². The number of halogens is 1. The average molecular weight is 297 g/mol. The summed E-state index contributed by atoms with van der Waals surface area (Å²) in [6.07, 6.45) is 2.05. The lowest BCUT2D eigenvalue weighted by atomic mass is 10.2. The molecule has 5 nitrogen and oxygen atoms in total. The first-order valence-corrected chi connectivity index (χ1v) is 7.42. The summed E-state index contributed by atoms with van der Waals surface area (Å²) >= 11 is 6.12. The van der Waals surface area contributed by atoms with Gasteiger partial charge >= 0.3 is 0 Å². The van der Waals surface area contributed by atoms with Gasteiger partial charge in [0, 0.05) is 30.5 Å². The van der Waals surface area contributed by atoms with Gasteiger partial charge in [-0.1, -0.05) is 25.4 Å². The topological polar surface area (TPSA) is 66.9 Å². The quantitative estimate of drug-likeness (QED) is 0.625. The minimum atomic E-state index is 0.159. The molecule has 0 aromatic carbocycles. The Balaban J connectivity index is 1.89. The summed E-state index contributed by atoms with van der Waals surface area (Å²) in [5, 5.41) is 6.60. The molecular weight excluding hydrogens is 276 g/mol. The molecule has 1 fully saturated rings. The van der Waals surface area contributed by atoms with Gasteiger partial charge in [-0.05, 0) is 19.8 Å². The van der Waals surface area contributed by atoms with Crippen LogP contribution in [-0.2, 0) is 4.79 Å². The third kappa shape index (κ3) is 3.82. The van der Waals surface area contributed by atoms with Gasteiger partial charge in [-0.3, -0.25) is 4.79 Å². The van der Waals surface area contributed by atoms with Crippen LogP contribution >= 0.6 is 11.6 Å². The molecule has 0 radical (unpaired) electrons. The minimum absolute atomic E-state index is 0.159. The minimum Gasteiger partial charge on any atom is -0.368 e. The first kappa shape index (κ1) is 15.0. The van der Waals surface area contributed by atoms with Gasteiger partial charge in [0.2, 0.25) is 5.91 Å². The van der Waals surface area contributed by atoms with Crippen LogP contribution in [0.4, 0.5) is 5.82 Å². The van der Waals surface area contributed by atoms with E-state index in [1.54, 1.807) is 0 Å². The van der Waals surface area contributed by atoms with Gasteiger partial charge < -0.3 is 10.6 Å². The molecule has 1 aliphatic rings. The molecule has 2 rings (SSSR count). The fourth-order valence-corrected chi connectivity index (χ4v) is 1.97. The number of hydrogen-bond donors (Lipinski definition) is 2. The van der Waals surface area contributed by atoms with Gasteiger partial charge in [-0.25, -0.2) is 9.97 Å². The van der Waals surface area contributed by atoms with Crippen molar-refractivity contribution in [1.82, 2.24) is 15.3 Å². The zero-order valence-corrected chi connectivity index (χ0v) is 12.9. The van der Waals surface area contributed by atoms with Crippen LogP contribution in [0, 0.1) is 12.8 Å². The van der Waals surface area contributed by atoms with Crippen LogP contribution in [0.25, 0.3) is 0 Å². The van der Waals surface area contributed by atoms with Crippen LogP contribution < -0.4 is 10.6 Å². The fraction of sp³-hybridized carbons (Fsp3) is 0.643. The van der Waals surface area contributed by atoms with Gasteiger partial charge in [-0.2, -0.15) is 0 Å². The van der Waals surface area contributed by atoms with Gasteiger partial charge in [0.1, 0.15) is 16.8 Å². The highest BCUT2D eigenvalue weighted by atomic mass is 35.5. The SMILES string of the molecule is Cc1c(Cl)nc(C(C)C)nc1NCCNC(=O)C1CC1. The van der Waals surface area contributed by atoms with E-state index in [2.05, 4.69) is 20.6 Å². The maximum atomic E-state index is 11.5. The van der Waals surface area contributed by atoms with Crippen LogP contribution in [0.1, 0.15) is 44.0 Å². The molecule has 0 saturated heterocycles. The van der Waals surface area contributed by atoms with E-state index >= 15 is 0 Å². The molecular formula is C14H21ClN4O. The van der Waals surface area contributed by atoms with Crippen LogP contribution in [-0.4, -0.2) is 29.0 Å². The highest BCUT2D eigenvalue weighted by Gasteiger charge is 2.28. The summed E-state index contributed by atoms with van der Waals surface area (Å²) in [6.45, 7) is 7.16. The summed E-state index contributed by atoms with van der Waals surface area (Å²) < 4.78 is 0. The molecule has 110 valence electrons. The maximum Gasteiger partial charge on any atom is 0.223 e. The Bertz CT molecular complexity index is 500. The van der Waals surface area contributed by atoms with Crippen molar-refractivity contribution >= 4 is 23.3 Å². The highest BCUT2D eigenvalue weighted by molar-refractivity contribution is 6.30. The third-order valence-corrected chi connectivity index (χ3v) is 3.65. The van der Waals surface area contributed by atoms with Gasteiger partial charge in [0.05, 0.1) is 0 Å². The maximum absolute atomic E-state index is 11.5. The lowest BCUT2D eigenvalue weighted by Crippen LogP contribution is -2.30. The Morgan fingerprint density at radius 2 is 2.05 bits per heavy atom.